The van der Waals surface area contributed by atoms with Crippen LogP contribution in [0, 0.1) is 0 Å². The predicted molar refractivity (Wildman–Crippen MR) is 92.7 cm³/mol. The van der Waals surface area contributed by atoms with E-state index in [0.717, 1.165) is 16.5 Å². The van der Waals surface area contributed by atoms with Crippen LogP contribution in [0.1, 0.15) is 16.4 Å². The van der Waals surface area contributed by atoms with Crippen molar-refractivity contribution in [3.63, 3.8) is 0 Å². The molecule has 0 aliphatic carbocycles. The van der Waals surface area contributed by atoms with Crippen molar-refractivity contribution in [2.24, 2.45) is 0 Å². The second kappa shape index (κ2) is 6.07. The first kappa shape index (κ1) is 15.4. The molecule has 2 heterocycles. The number of halogens is 1. The van der Waals surface area contributed by atoms with Crippen LogP contribution in [0.2, 0.25) is 5.02 Å². The molecule has 0 fully saturated rings. The van der Waals surface area contributed by atoms with Crippen LogP contribution in [0.25, 0.3) is 22.3 Å². The highest BCUT2D eigenvalue weighted by atomic mass is 35.5. The van der Waals surface area contributed by atoms with Crippen molar-refractivity contribution in [2.75, 3.05) is 0 Å². The van der Waals surface area contributed by atoms with Gasteiger partial charge in [-0.2, -0.15) is 4.98 Å². The van der Waals surface area contributed by atoms with Crippen molar-refractivity contribution in [2.45, 2.75) is 6.54 Å². The molecule has 6 nitrogen and oxygen atoms in total. The Kier molecular flexibility index (Phi) is 3.74. The molecule has 0 saturated carbocycles. The van der Waals surface area contributed by atoms with Crippen LogP contribution in [-0.4, -0.2) is 25.8 Å². The maximum absolute atomic E-state index is 11.5. The van der Waals surface area contributed by atoms with Gasteiger partial charge in [0.2, 0.25) is 11.7 Å². The highest BCUT2D eigenvalue weighted by Crippen LogP contribution is 2.23. The standard InChI is InChI=1S/C18H12ClN3O3/c19-13-7-5-11(6-8-13)17-20-16(25-21-17)10-22-14-4-2-1-3-12(14)9-15(22)18(23)24/h1-9H,10H2,(H,23,24). The zero-order valence-electron chi connectivity index (χ0n) is 12.9. The maximum Gasteiger partial charge on any atom is 0.352 e. The fourth-order valence-electron chi connectivity index (χ4n) is 2.73. The number of rotatable bonds is 4. The highest BCUT2D eigenvalue weighted by Gasteiger charge is 2.17. The Morgan fingerprint density at radius 1 is 1.16 bits per heavy atom. The molecule has 0 saturated heterocycles. The van der Waals surface area contributed by atoms with Crippen molar-refractivity contribution in [3.8, 4) is 11.4 Å². The van der Waals surface area contributed by atoms with E-state index < -0.39 is 5.97 Å². The number of fused-ring (bicyclic) bond motifs is 1. The maximum atomic E-state index is 11.5. The summed E-state index contributed by atoms with van der Waals surface area (Å²) in [7, 11) is 0. The monoisotopic (exact) mass is 353 g/mol. The Morgan fingerprint density at radius 3 is 2.68 bits per heavy atom. The van der Waals surface area contributed by atoms with Gasteiger partial charge in [-0.1, -0.05) is 35.0 Å². The zero-order chi connectivity index (χ0) is 17.4. The van der Waals surface area contributed by atoms with E-state index in [1.54, 1.807) is 34.9 Å². The molecule has 7 heteroatoms. The van der Waals surface area contributed by atoms with Gasteiger partial charge in [-0.05, 0) is 36.4 Å². The number of benzene rings is 2. The van der Waals surface area contributed by atoms with Crippen LogP contribution < -0.4 is 0 Å². The highest BCUT2D eigenvalue weighted by molar-refractivity contribution is 6.30. The Bertz CT molecular complexity index is 1070. The van der Waals surface area contributed by atoms with E-state index in [4.69, 9.17) is 16.1 Å². The molecular weight excluding hydrogens is 342 g/mol. The summed E-state index contributed by atoms with van der Waals surface area (Å²) in [5, 5.41) is 14.9. The summed E-state index contributed by atoms with van der Waals surface area (Å²) < 4.78 is 6.95. The average molecular weight is 354 g/mol. The quantitative estimate of drug-likeness (QED) is 0.597. The number of aromatic nitrogens is 3. The third kappa shape index (κ3) is 2.88. The number of para-hydroxylation sites is 1. The lowest BCUT2D eigenvalue weighted by Gasteiger charge is -2.04. The number of hydrogen-bond acceptors (Lipinski definition) is 4. The molecule has 0 amide bonds. The van der Waals surface area contributed by atoms with Crippen molar-refractivity contribution < 1.29 is 14.4 Å². The topological polar surface area (TPSA) is 81.1 Å². The molecule has 0 aliphatic rings. The molecule has 0 radical (unpaired) electrons. The van der Waals surface area contributed by atoms with Crippen LogP contribution >= 0.6 is 11.6 Å². The van der Waals surface area contributed by atoms with Crippen LogP contribution in [0.15, 0.2) is 59.1 Å². The molecule has 0 aliphatic heterocycles. The number of hydrogen-bond donors (Lipinski definition) is 1. The van der Waals surface area contributed by atoms with Crippen molar-refractivity contribution in [1.29, 1.82) is 0 Å². The summed E-state index contributed by atoms with van der Waals surface area (Å²) in [6, 6.07) is 16.2. The molecule has 4 aromatic rings. The van der Waals surface area contributed by atoms with E-state index in [-0.39, 0.29) is 12.2 Å². The third-order valence-electron chi connectivity index (χ3n) is 3.89. The van der Waals surface area contributed by atoms with Gasteiger partial charge in [-0.25, -0.2) is 4.79 Å². The second-order valence-electron chi connectivity index (χ2n) is 5.50. The van der Waals surface area contributed by atoms with Gasteiger partial charge in [-0.3, -0.25) is 0 Å². The van der Waals surface area contributed by atoms with Crippen LogP contribution in [-0.2, 0) is 6.54 Å². The Morgan fingerprint density at radius 2 is 1.92 bits per heavy atom. The molecule has 0 atom stereocenters. The van der Waals surface area contributed by atoms with Crippen LogP contribution in [0.5, 0.6) is 0 Å². The first-order valence-electron chi connectivity index (χ1n) is 7.52. The van der Waals surface area contributed by atoms with Gasteiger partial charge >= 0.3 is 5.97 Å². The fraction of sp³-hybridized carbons (Fsp3) is 0.0556. The first-order chi connectivity index (χ1) is 12.1. The van der Waals surface area contributed by atoms with Gasteiger partial charge in [0.25, 0.3) is 0 Å². The SMILES string of the molecule is O=C(O)c1cc2ccccc2n1Cc1nc(-c2ccc(Cl)cc2)no1. The number of carbonyl (C=O) groups is 1. The molecule has 1 N–H and O–H groups in total. The largest absolute Gasteiger partial charge is 0.477 e. The van der Waals surface area contributed by atoms with Crippen molar-refractivity contribution in [1.82, 2.24) is 14.7 Å². The third-order valence-corrected chi connectivity index (χ3v) is 4.15. The molecule has 0 unspecified atom stereocenters. The summed E-state index contributed by atoms with van der Waals surface area (Å²) in [5.41, 5.74) is 1.74. The Balaban J connectivity index is 1.71. The zero-order valence-corrected chi connectivity index (χ0v) is 13.6. The minimum Gasteiger partial charge on any atom is -0.477 e. The minimum atomic E-state index is -1.01. The lowest BCUT2D eigenvalue weighted by molar-refractivity contribution is 0.0686. The van der Waals surface area contributed by atoms with Gasteiger partial charge in [-0.15, -0.1) is 0 Å². The average Bonchev–Trinajstić information content (AvgIpc) is 3.21. The molecule has 2 aromatic heterocycles. The van der Waals surface area contributed by atoms with Gasteiger partial charge in [0, 0.05) is 21.5 Å². The fourth-order valence-corrected chi connectivity index (χ4v) is 2.85. The Labute approximate surface area is 147 Å². The summed E-state index contributed by atoms with van der Waals surface area (Å²) >= 11 is 5.88. The molecule has 2 aromatic carbocycles. The van der Waals surface area contributed by atoms with Crippen LogP contribution in [0.4, 0.5) is 0 Å². The van der Waals surface area contributed by atoms with Gasteiger partial charge in [0.15, 0.2) is 0 Å². The van der Waals surface area contributed by atoms with Gasteiger partial charge in [0.1, 0.15) is 12.2 Å². The molecule has 0 spiro atoms. The number of carboxylic acids is 1. The summed E-state index contributed by atoms with van der Waals surface area (Å²) in [6.07, 6.45) is 0. The Hall–Kier alpha value is -3.12. The van der Waals surface area contributed by atoms with E-state index in [0.29, 0.717) is 16.7 Å². The number of aromatic carboxylic acids is 1. The normalized spacial score (nSPS) is 11.1. The van der Waals surface area contributed by atoms with Gasteiger partial charge < -0.3 is 14.2 Å². The summed E-state index contributed by atoms with van der Waals surface area (Å²) in [5.74, 6) is -0.248. The molecular formula is C18H12ClN3O3. The lowest BCUT2D eigenvalue weighted by Crippen LogP contribution is -2.09. The van der Waals surface area contributed by atoms with E-state index in [2.05, 4.69) is 10.1 Å². The minimum absolute atomic E-state index is 0.174. The first-order valence-corrected chi connectivity index (χ1v) is 7.90. The van der Waals surface area contributed by atoms with Crippen molar-refractivity contribution in [3.05, 3.63) is 71.2 Å². The predicted octanol–water partition coefficient (Wildman–Crippen LogP) is 4.09. The van der Waals surface area contributed by atoms with E-state index in [1.165, 1.54) is 0 Å². The van der Waals surface area contributed by atoms with Gasteiger partial charge in [0.05, 0.1) is 0 Å². The molecule has 0 bridgehead atoms. The number of nitrogens with zero attached hydrogens (tertiary/aromatic N) is 3. The number of carboxylic acid groups (broad SMARTS) is 1. The molecule has 124 valence electrons. The molecule has 25 heavy (non-hydrogen) atoms. The second-order valence-corrected chi connectivity index (χ2v) is 5.93. The lowest BCUT2D eigenvalue weighted by atomic mass is 10.2. The van der Waals surface area contributed by atoms with E-state index >= 15 is 0 Å². The summed E-state index contributed by atoms with van der Waals surface area (Å²) in [6.45, 7) is 0.176. The van der Waals surface area contributed by atoms with E-state index in [9.17, 15) is 9.90 Å². The van der Waals surface area contributed by atoms with Crippen LogP contribution in [0.3, 0.4) is 0 Å². The van der Waals surface area contributed by atoms with Crippen molar-refractivity contribution >= 4 is 28.5 Å². The molecule has 4 rings (SSSR count). The smallest absolute Gasteiger partial charge is 0.352 e. The van der Waals surface area contributed by atoms with E-state index in [1.807, 2.05) is 24.3 Å². The summed E-state index contributed by atoms with van der Waals surface area (Å²) in [4.78, 5) is 15.9.